The normalized spacial score (nSPS) is 35.7. The van der Waals surface area contributed by atoms with E-state index >= 15 is 0 Å². The molecule has 0 radical (unpaired) electrons. The molecule has 1 spiro atoms. The van der Waals surface area contributed by atoms with Crippen LogP contribution >= 0.6 is 0 Å². The molecule has 1 unspecified atom stereocenters. The third-order valence-corrected chi connectivity index (χ3v) is 2.87. The fourth-order valence-corrected chi connectivity index (χ4v) is 2.35. The van der Waals surface area contributed by atoms with Gasteiger partial charge in [-0.25, -0.2) is 0 Å². The summed E-state index contributed by atoms with van der Waals surface area (Å²) in [5.74, 6) is 0.161. The highest BCUT2D eigenvalue weighted by Gasteiger charge is 2.44. The zero-order chi connectivity index (χ0) is 10.2. The van der Waals surface area contributed by atoms with Crippen molar-refractivity contribution in [3.8, 4) is 0 Å². The van der Waals surface area contributed by atoms with Crippen LogP contribution in [-0.4, -0.2) is 23.6 Å². The maximum atomic E-state index is 11.3. The molecule has 0 saturated carbocycles. The Morgan fingerprint density at radius 3 is 2.86 bits per heavy atom. The number of ether oxygens (including phenoxy) is 2. The zero-order valence-electron chi connectivity index (χ0n) is 8.71. The Kier molecular flexibility index (Phi) is 2.14. The molecule has 1 atom stereocenters. The van der Waals surface area contributed by atoms with E-state index in [-0.39, 0.29) is 17.0 Å². The Morgan fingerprint density at radius 1 is 1.43 bits per heavy atom. The number of hydrogen-bond donors (Lipinski definition) is 0. The maximum Gasteiger partial charge on any atom is 0.162 e. The van der Waals surface area contributed by atoms with Crippen LogP contribution in [0.5, 0.6) is 0 Å². The largest absolute Gasteiger partial charge is 0.494 e. The molecule has 0 bridgehead atoms. The van der Waals surface area contributed by atoms with E-state index < -0.39 is 0 Å². The van der Waals surface area contributed by atoms with E-state index in [1.165, 1.54) is 12.3 Å². The molecule has 2 aliphatic rings. The molecule has 2 heterocycles. The van der Waals surface area contributed by atoms with E-state index in [0.29, 0.717) is 13.0 Å². The number of hydrogen-bond acceptors (Lipinski definition) is 3. The van der Waals surface area contributed by atoms with Crippen molar-refractivity contribution in [3.63, 3.8) is 0 Å². The van der Waals surface area contributed by atoms with Gasteiger partial charge in [0.25, 0.3) is 0 Å². The van der Waals surface area contributed by atoms with Gasteiger partial charge < -0.3 is 9.47 Å². The lowest BCUT2D eigenvalue weighted by Gasteiger charge is -2.44. The van der Waals surface area contributed by atoms with Crippen LogP contribution in [0.3, 0.4) is 0 Å². The van der Waals surface area contributed by atoms with Crippen molar-refractivity contribution in [1.82, 2.24) is 0 Å². The van der Waals surface area contributed by atoms with E-state index in [9.17, 15) is 4.79 Å². The predicted octanol–water partition coefficient (Wildman–Crippen LogP) is 1.82. The van der Waals surface area contributed by atoms with Crippen LogP contribution in [0, 0.1) is 0 Å². The molecule has 2 aliphatic heterocycles. The van der Waals surface area contributed by atoms with Gasteiger partial charge in [-0.15, -0.1) is 0 Å². The average Bonchev–Trinajstić information content (AvgIpc) is 2.00. The summed E-state index contributed by atoms with van der Waals surface area (Å²) in [6.07, 6.45) is 5.14. The van der Waals surface area contributed by atoms with Crippen molar-refractivity contribution in [1.29, 1.82) is 0 Å². The summed E-state index contributed by atoms with van der Waals surface area (Å²) < 4.78 is 11.2. The first-order chi connectivity index (χ1) is 6.52. The molecular weight excluding hydrogens is 180 g/mol. The van der Waals surface area contributed by atoms with Crippen molar-refractivity contribution in [2.24, 2.45) is 0 Å². The summed E-state index contributed by atoms with van der Waals surface area (Å²) in [5, 5.41) is 0. The smallest absolute Gasteiger partial charge is 0.162 e. The van der Waals surface area contributed by atoms with Crippen LogP contribution in [-0.2, 0) is 14.3 Å². The molecule has 78 valence electrons. The highest BCUT2D eigenvalue weighted by Crippen LogP contribution is 2.38. The first-order valence-electron chi connectivity index (χ1n) is 5.03. The molecule has 0 N–H and O–H groups in total. The van der Waals surface area contributed by atoms with Gasteiger partial charge in [-0.05, 0) is 13.8 Å². The summed E-state index contributed by atoms with van der Waals surface area (Å²) in [5.41, 5.74) is -0.475. The van der Waals surface area contributed by atoms with E-state index in [0.717, 1.165) is 12.8 Å². The summed E-state index contributed by atoms with van der Waals surface area (Å²) in [6.45, 7) is 4.76. The minimum absolute atomic E-state index is 0.161. The van der Waals surface area contributed by atoms with Gasteiger partial charge in [-0.2, -0.15) is 0 Å². The van der Waals surface area contributed by atoms with Crippen LogP contribution in [0.1, 0.15) is 33.1 Å². The molecular formula is C11H16O3. The molecule has 1 fully saturated rings. The lowest BCUT2D eigenvalue weighted by atomic mass is 9.80. The number of rotatable bonds is 0. The third kappa shape index (κ3) is 1.82. The van der Waals surface area contributed by atoms with Crippen LogP contribution in [0.4, 0.5) is 0 Å². The minimum atomic E-state index is -0.298. The van der Waals surface area contributed by atoms with Crippen LogP contribution in [0.2, 0.25) is 0 Å². The standard InChI is InChI=1S/C11H16O3/c1-10(2)8-11(4-6-13-10)7-9(12)3-5-14-11/h3,5H,4,6-8H2,1-2H3. The van der Waals surface area contributed by atoms with E-state index in [4.69, 9.17) is 9.47 Å². The highest BCUT2D eigenvalue weighted by atomic mass is 16.5. The SMILES string of the molecule is CC1(C)CC2(CCO1)CC(=O)C=CO2. The summed E-state index contributed by atoms with van der Waals surface area (Å²) in [4.78, 5) is 11.3. The fraction of sp³-hybridized carbons (Fsp3) is 0.727. The molecule has 0 aromatic rings. The average molecular weight is 196 g/mol. The Bertz CT molecular complexity index is 280. The molecule has 0 aliphatic carbocycles. The monoisotopic (exact) mass is 196 g/mol. The summed E-state index contributed by atoms with van der Waals surface area (Å²) in [6, 6.07) is 0. The van der Waals surface area contributed by atoms with Gasteiger partial charge in [0.05, 0.1) is 24.9 Å². The van der Waals surface area contributed by atoms with Gasteiger partial charge in [0.1, 0.15) is 5.60 Å². The lowest BCUT2D eigenvalue weighted by Crippen LogP contribution is -2.48. The Labute approximate surface area is 84.1 Å². The van der Waals surface area contributed by atoms with Crippen LogP contribution in [0.15, 0.2) is 12.3 Å². The Balaban J connectivity index is 2.16. The van der Waals surface area contributed by atoms with Gasteiger partial charge in [-0.1, -0.05) is 0 Å². The topological polar surface area (TPSA) is 35.5 Å². The van der Waals surface area contributed by atoms with Gasteiger partial charge in [0.15, 0.2) is 5.78 Å². The van der Waals surface area contributed by atoms with Crippen LogP contribution < -0.4 is 0 Å². The second-order valence-electron chi connectivity index (χ2n) is 4.78. The molecule has 1 saturated heterocycles. The lowest BCUT2D eigenvalue weighted by molar-refractivity contribution is -0.158. The Morgan fingerprint density at radius 2 is 2.21 bits per heavy atom. The molecule has 0 amide bonds. The molecule has 3 nitrogen and oxygen atoms in total. The van der Waals surface area contributed by atoms with E-state index in [1.54, 1.807) is 0 Å². The van der Waals surface area contributed by atoms with Gasteiger partial charge in [0, 0.05) is 18.9 Å². The predicted molar refractivity (Wildman–Crippen MR) is 51.8 cm³/mol. The molecule has 14 heavy (non-hydrogen) atoms. The second-order valence-corrected chi connectivity index (χ2v) is 4.78. The molecule has 0 aromatic carbocycles. The van der Waals surface area contributed by atoms with Gasteiger partial charge >= 0.3 is 0 Å². The molecule has 2 rings (SSSR count). The van der Waals surface area contributed by atoms with Crippen molar-refractivity contribution in [2.45, 2.75) is 44.3 Å². The van der Waals surface area contributed by atoms with E-state index in [2.05, 4.69) is 0 Å². The van der Waals surface area contributed by atoms with E-state index in [1.807, 2.05) is 13.8 Å². The zero-order valence-corrected chi connectivity index (χ0v) is 8.71. The first kappa shape index (κ1) is 9.71. The Hall–Kier alpha value is -0.830. The number of carbonyl (C=O) groups excluding carboxylic acids is 1. The number of allylic oxidation sites excluding steroid dienone is 1. The summed E-state index contributed by atoms with van der Waals surface area (Å²) in [7, 11) is 0. The summed E-state index contributed by atoms with van der Waals surface area (Å²) >= 11 is 0. The third-order valence-electron chi connectivity index (χ3n) is 2.87. The molecule has 3 heteroatoms. The maximum absolute atomic E-state index is 11.3. The highest BCUT2D eigenvalue weighted by molar-refractivity contribution is 5.90. The number of ketones is 1. The van der Waals surface area contributed by atoms with Crippen molar-refractivity contribution < 1.29 is 14.3 Å². The van der Waals surface area contributed by atoms with Crippen molar-refractivity contribution in [2.75, 3.05) is 6.61 Å². The minimum Gasteiger partial charge on any atom is -0.494 e. The van der Waals surface area contributed by atoms with Crippen molar-refractivity contribution >= 4 is 5.78 Å². The number of carbonyl (C=O) groups is 1. The van der Waals surface area contributed by atoms with Gasteiger partial charge in [-0.3, -0.25) is 4.79 Å². The van der Waals surface area contributed by atoms with Crippen LogP contribution in [0.25, 0.3) is 0 Å². The van der Waals surface area contributed by atoms with Crippen molar-refractivity contribution in [3.05, 3.63) is 12.3 Å². The second kappa shape index (κ2) is 3.09. The van der Waals surface area contributed by atoms with Gasteiger partial charge in [0.2, 0.25) is 0 Å². The molecule has 0 aromatic heterocycles. The fourth-order valence-electron chi connectivity index (χ4n) is 2.35. The quantitative estimate of drug-likeness (QED) is 0.592. The first-order valence-corrected chi connectivity index (χ1v) is 5.03.